The van der Waals surface area contributed by atoms with Gasteiger partial charge in [-0.3, -0.25) is 9.69 Å². The highest BCUT2D eigenvalue weighted by Crippen LogP contribution is 2.37. The van der Waals surface area contributed by atoms with Crippen LogP contribution in [0.2, 0.25) is 0 Å². The number of benzene rings is 2. The van der Waals surface area contributed by atoms with Gasteiger partial charge in [-0.15, -0.1) is 0 Å². The zero-order chi connectivity index (χ0) is 19.3. The van der Waals surface area contributed by atoms with Gasteiger partial charge < -0.3 is 14.8 Å². The third-order valence-electron chi connectivity index (χ3n) is 5.31. The van der Waals surface area contributed by atoms with Crippen molar-refractivity contribution in [2.24, 2.45) is 0 Å². The Labute approximate surface area is 164 Å². The van der Waals surface area contributed by atoms with E-state index in [4.69, 9.17) is 9.47 Å². The number of carbonyl (C=O) groups is 1. The van der Waals surface area contributed by atoms with Crippen molar-refractivity contribution in [1.82, 2.24) is 10.2 Å². The van der Waals surface area contributed by atoms with Crippen LogP contribution in [0, 0.1) is 5.82 Å². The van der Waals surface area contributed by atoms with Crippen molar-refractivity contribution in [3.63, 3.8) is 0 Å². The van der Waals surface area contributed by atoms with Crippen LogP contribution in [0.1, 0.15) is 30.0 Å². The summed E-state index contributed by atoms with van der Waals surface area (Å²) in [6.07, 6.45) is 2.79. The van der Waals surface area contributed by atoms with E-state index >= 15 is 0 Å². The topological polar surface area (TPSA) is 50.8 Å². The third kappa shape index (κ3) is 4.44. The summed E-state index contributed by atoms with van der Waals surface area (Å²) in [6.45, 7) is 2.99. The first kappa shape index (κ1) is 18.7. The van der Waals surface area contributed by atoms with E-state index in [0.717, 1.165) is 36.4 Å². The average molecular weight is 384 g/mol. The van der Waals surface area contributed by atoms with Crippen molar-refractivity contribution >= 4 is 5.91 Å². The fourth-order valence-corrected chi connectivity index (χ4v) is 3.90. The first-order valence-corrected chi connectivity index (χ1v) is 9.84. The largest absolute Gasteiger partial charge is 0.486 e. The molecule has 1 unspecified atom stereocenters. The predicted molar refractivity (Wildman–Crippen MR) is 104 cm³/mol. The Bertz CT molecular complexity index is 825. The molecule has 2 aromatic carbocycles. The van der Waals surface area contributed by atoms with Gasteiger partial charge in [-0.1, -0.05) is 18.2 Å². The van der Waals surface area contributed by atoms with Gasteiger partial charge in [-0.25, -0.2) is 4.39 Å². The standard InChI is InChI=1S/C22H25FN2O3/c23-18-6-3-16(4-7-18)9-10-24-22(26)15-25-11-1-2-19(25)17-5-8-20-21(14-17)28-13-12-27-20/h3-8,14,19H,1-2,9-13,15H2,(H,24,26). The lowest BCUT2D eigenvalue weighted by atomic mass is 10.0. The fraction of sp³-hybridized carbons (Fsp3) is 0.409. The number of amides is 1. The highest BCUT2D eigenvalue weighted by atomic mass is 19.1. The molecule has 6 heteroatoms. The Kier molecular flexibility index (Phi) is 5.76. The van der Waals surface area contributed by atoms with Crippen LogP contribution < -0.4 is 14.8 Å². The van der Waals surface area contributed by atoms with Crippen LogP contribution >= 0.6 is 0 Å². The molecule has 1 amide bonds. The van der Waals surface area contributed by atoms with E-state index in [0.29, 0.717) is 32.7 Å². The number of halogens is 1. The molecule has 28 heavy (non-hydrogen) atoms. The lowest BCUT2D eigenvalue weighted by molar-refractivity contribution is -0.122. The summed E-state index contributed by atoms with van der Waals surface area (Å²) >= 11 is 0. The van der Waals surface area contributed by atoms with Crippen molar-refractivity contribution < 1.29 is 18.7 Å². The quantitative estimate of drug-likeness (QED) is 0.832. The van der Waals surface area contributed by atoms with E-state index in [1.165, 1.54) is 17.7 Å². The molecule has 0 bridgehead atoms. The number of fused-ring (bicyclic) bond motifs is 1. The molecule has 1 fully saturated rings. The Morgan fingerprint density at radius 1 is 1.11 bits per heavy atom. The number of carbonyl (C=O) groups excluding carboxylic acids is 1. The van der Waals surface area contributed by atoms with Gasteiger partial charge in [-0.05, 0) is 61.2 Å². The molecule has 148 valence electrons. The highest BCUT2D eigenvalue weighted by Gasteiger charge is 2.28. The van der Waals surface area contributed by atoms with E-state index in [9.17, 15) is 9.18 Å². The number of likely N-dealkylation sites (tertiary alicyclic amines) is 1. The maximum Gasteiger partial charge on any atom is 0.234 e. The lowest BCUT2D eigenvalue weighted by Crippen LogP contribution is -2.37. The molecule has 0 aromatic heterocycles. The van der Waals surface area contributed by atoms with E-state index in [2.05, 4.69) is 16.3 Å². The maximum atomic E-state index is 12.9. The molecule has 4 rings (SSSR count). The Hall–Kier alpha value is -2.60. The second-order valence-electron chi connectivity index (χ2n) is 7.26. The summed E-state index contributed by atoms with van der Waals surface area (Å²) in [5.41, 5.74) is 2.18. The molecular weight excluding hydrogens is 359 g/mol. The van der Waals surface area contributed by atoms with Crippen LogP contribution in [0.5, 0.6) is 11.5 Å². The molecule has 0 radical (unpaired) electrons. The Balaban J connectivity index is 1.31. The van der Waals surface area contributed by atoms with Crippen LogP contribution in [-0.4, -0.2) is 43.7 Å². The first-order chi connectivity index (χ1) is 13.7. The first-order valence-electron chi connectivity index (χ1n) is 9.84. The van der Waals surface area contributed by atoms with Crippen molar-refractivity contribution in [2.45, 2.75) is 25.3 Å². The van der Waals surface area contributed by atoms with Gasteiger partial charge >= 0.3 is 0 Å². The van der Waals surface area contributed by atoms with Gasteiger partial charge in [0.25, 0.3) is 0 Å². The van der Waals surface area contributed by atoms with Crippen LogP contribution in [0.3, 0.4) is 0 Å². The average Bonchev–Trinajstić information content (AvgIpc) is 3.17. The number of hydrogen-bond donors (Lipinski definition) is 1. The molecule has 1 atom stereocenters. The molecule has 0 aliphatic carbocycles. The maximum absolute atomic E-state index is 12.9. The van der Waals surface area contributed by atoms with Gasteiger partial charge in [0.2, 0.25) is 5.91 Å². The van der Waals surface area contributed by atoms with Crippen molar-refractivity contribution in [3.05, 3.63) is 59.4 Å². The van der Waals surface area contributed by atoms with Gasteiger partial charge in [-0.2, -0.15) is 0 Å². The fourth-order valence-electron chi connectivity index (χ4n) is 3.90. The van der Waals surface area contributed by atoms with E-state index in [1.807, 2.05) is 12.1 Å². The van der Waals surface area contributed by atoms with Gasteiger partial charge in [0.15, 0.2) is 11.5 Å². The number of hydrogen-bond acceptors (Lipinski definition) is 4. The highest BCUT2D eigenvalue weighted by molar-refractivity contribution is 5.78. The van der Waals surface area contributed by atoms with Gasteiger partial charge in [0.05, 0.1) is 6.54 Å². The summed E-state index contributed by atoms with van der Waals surface area (Å²) in [5.74, 6) is 1.36. The molecule has 2 aromatic rings. The number of ether oxygens (including phenoxy) is 2. The van der Waals surface area contributed by atoms with Crippen molar-refractivity contribution in [1.29, 1.82) is 0 Å². The number of nitrogens with zero attached hydrogens (tertiary/aromatic N) is 1. The molecule has 2 heterocycles. The third-order valence-corrected chi connectivity index (χ3v) is 5.31. The molecule has 2 aliphatic heterocycles. The SMILES string of the molecule is O=C(CN1CCCC1c1ccc2c(c1)OCCO2)NCCc1ccc(F)cc1. The zero-order valence-electron chi connectivity index (χ0n) is 15.8. The van der Waals surface area contributed by atoms with Gasteiger partial charge in [0, 0.05) is 12.6 Å². The molecule has 0 spiro atoms. The van der Waals surface area contributed by atoms with Crippen LogP contribution in [-0.2, 0) is 11.2 Å². The minimum atomic E-state index is -0.244. The zero-order valence-corrected chi connectivity index (χ0v) is 15.8. The van der Waals surface area contributed by atoms with E-state index in [1.54, 1.807) is 12.1 Å². The second kappa shape index (κ2) is 8.61. The molecule has 1 N–H and O–H groups in total. The van der Waals surface area contributed by atoms with E-state index < -0.39 is 0 Å². The van der Waals surface area contributed by atoms with Crippen LogP contribution in [0.15, 0.2) is 42.5 Å². The smallest absolute Gasteiger partial charge is 0.234 e. The normalized spacial score (nSPS) is 18.8. The van der Waals surface area contributed by atoms with Crippen LogP contribution in [0.4, 0.5) is 4.39 Å². The molecule has 2 aliphatic rings. The minimum Gasteiger partial charge on any atom is -0.486 e. The summed E-state index contributed by atoms with van der Waals surface area (Å²) in [4.78, 5) is 14.6. The molecular formula is C22H25FN2O3. The van der Waals surface area contributed by atoms with Crippen LogP contribution in [0.25, 0.3) is 0 Å². The molecule has 5 nitrogen and oxygen atoms in total. The Morgan fingerprint density at radius 3 is 2.71 bits per heavy atom. The number of rotatable bonds is 6. The second-order valence-corrected chi connectivity index (χ2v) is 7.26. The molecule has 0 saturated carbocycles. The summed E-state index contributed by atoms with van der Waals surface area (Å²) < 4.78 is 24.2. The minimum absolute atomic E-state index is 0.0200. The lowest BCUT2D eigenvalue weighted by Gasteiger charge is -2.26. The monoisotopic (exact) mass is 384 g/mol. The van der Waals surface area contributed by atoms with E-state index in [-0.39, 0.29) is 17.8 Å². The number of nitrogens with one attached hydrogen (secondary N) is 1. The van der Waals surface area contributed by atoms with Gasteiger partial charge in [0.1, 0.15) is 19.0 Å². The molecule has 1 saturated heterocycles. The summed E-state index contributed by atoms with van der Waals surface area (Å²) in [5, 5.41) is 2.98. The van der Waals surface area contributed by atoms with Crippen molar-refractivity contribution in [3.8, 4) is 11.5 Å². The van der Waals surface area contributed by atoms with Crippen molar-refractivity contribution in [2.75, 3.05) is 32.8 Å². The summed E-state index contributed by atoms with van der Waals surface area (Å²) in [7, 11) is 0. The predicted octanol–water partition coefficient (Wildman–Crippen LogP) is 3.09. The summed E-state index contributed by atoms with van der Waals surface area (Å²) in [6, 6.07) is 12.7. The Morgan fingerprint density at radius 2 is 1.89 bits per heavy atom.